The summed E-state index contributed by atoms with van der Waals surface area (Å²) >= 11 is 3.28. The van der Waals surface area contributed by atoms with Crippen molar-refractivity contribution in [2.24, 2.45) is 0 Å². The number of hydrogen-bond donors (Lipinski definition) is 2. The second-order valence-electron chi connectivity index (χ2n) is 8.32. The lowest BCUT2D eigenvalue weighted by molar-refractivity contribution is -0.245. The van der Waals surface area contributed by atoms with E-state index in [9.17, 15) is 19.4 Å². The largest absolute Gasteiger partial charge is 1.00 e. The van der Waals surface area contributed by atoms with Gasteiger partial charge in [0.25, 0.3) is 13.4 Å². The molecule has 0 aromatic carbocycles. The van der Waals surface area contributed by atoms with Gasteiger partial charge in [0, 0.05) is 17.3 Å². The molecule has 5 rings (SSSR count). The fraction of sp³-hybridized carbons (Fsp3) is 0.562. The van der Waals surface area contributed by atoms with E-state index in [2.05, 4.69) is 35.4 Å². The molecule has 0 saturated carbocycles. The van der Waals surface area contributed by atoms with Crippen LogP contribution in [0.2, 0.25) is 0 Å². The number of aromatic amines is 1. The number of phosphoric acid groups is 1. The number of aliphatic hydroxyl groups excluding tert-OH is 1. The minimum absolute atomic E-state index is 0. The summed E-state index contributed by atoms with van der Waals surface area (Å²) in [6.07, 6.45) is -2.72. The van der Waals surface area contributed by atoms with E-state index >= 15 is 0 Å². The van der Waals surface area contributed by atoms with Gasteiger partial charge in [0.1, 0.15) is 18.3 Å². The predicted molar refractivity (Wildman–Crippen MR) is 105 cm³/mol. The van der Waals surface area contributed by atoms with Gasteiger partial charge in [0.05, 0.1) is 6.61 Å². The van der Waals surface area contributed by atoms with Gasteiger partial charge in [0.2, 0.25) is 5.78 Å². The van der Waals surface area contributed by atoms with Crippen molar-refractivity contribution in [2.45, 2.75) is 50.7 Å². The van der Waals surface area contributed by atoms with Crippen LogP contribution in [0.4, 0.5) is 0 Å². The number of phosphoric ester groups is 1. The van der Waals surface area contributed by atoms with Crippen LogP contribution < -0.4 is 10.5 Å². The second kappa shape index (κ2) is 6.45. The molecule has 162 valence electrons. The van der Waals surface area contributed by atoms with Crippen LogP contribution in [0.5, 0.6) is 0 Å². The summed E-state index contributed by atoms with van der Waals surface area (Å²) in [5.41, 5.74) is 0.414. The molecule has 2 aliphatic heterocycles. The molecule has 3 unspecified atom stereocenters. The van der Waals surface area contributed by atoms with Gasteiger partial charge in [-0.15, -0.1) is 0 Å². The summed E-state index contributed by atoms with van der Waals surface area (Å²) in [5.74, 6) is 0.305. The molecule has 0 amide bonds. The third kappa shape index (κ3) is 3.00. The molecule has 5 atom stereocenters. The highest BCUT2D eigenvalue weighted by Crippen LogP contribution is 2.50. The fourth-order valence-corrected chi connectivity index (χ4v) is 5.15. The Morgan fingerprint density at radius 3 is 2.87 bits per heavy atom. The van der Waals surface area contributed by atoms with Gasteiger partial charge in [-0.2, -0.15) is 4.98 Å². The smallest absolute Gasteiger partial charge is 0.756 e. The number of halogens is 1. The molecule has 0 radical (unpaired) electrons. The third-order valence-electron chi connectivity index (χ3n) is 5.23. The van der Waals surface area contributed by atoms with Crippen molar-refractivity contribution in [3.8, 4) is 0 Å². The number of fused-ring (bicyclic) bond motifs is 3. The van der Waals surface area contributed by atoms with Crippen LogP contribution in [0.3, 0.4) is 0 Å². The number of imidazole rings is 2. The summed E-state index contributed by atoms with van der Waals surface area (Å²) in [5, 5.41) is 10.7. The fourth-order valence-electron chi connectivity index (χ4n) is 3.65. The molecule has 0 spiro atoms. The molecule has 5 heterocycles. The average Bonchev–Trinajstić information content (AvgIpc) is 3.29. The molecular weight excluding hydrogens is 485 g/mol. The number of rotatable bonds is 1. The van der Waals surface area contributed by atoms with Crippen LogP contribution in [0, 0.1) is 0 Å². The topological polar surface area (TPSA) is 156 Å². The van der Waals surface area contributed by atoms with Gasteiger partial charge < -0.3 is 28.8 Å². The highest BCUT2D eigenvalue weighted by Gasteiger charge is 2.51. The molecule has 2 aliphatic rings. The Morgan fingerprint density at radius 1 is 1.43 bits per heavy atom. The normalized spacial score (nSPS) is 32.2. The summed E-state index contributed by atoms with van der Waals surface area (Å²) in [4.78, 5) is 36.5. The highest BCUT2D eigenvalue weighted by molar-refractivity contribution is 9.10. The molecule has 0 aliphatic carbocycles. The van der Waals surface area contributed by atoms with Crippen LogP contribution in [0.1, 0.15) is 34.1 Å². The van der Waals surface area contributed by atoms with Crippen LogP contribution in [-0.2, 0) is 23.8 Å². The maximum absolute atomic E-state index is 13.0. The lowest BCUT2D eigenvalue weighted by Gasteiger charge is -2.34. The summed E-state index contributed by atoms with van der Waals surface area (Å²) in [6.45, 7) is 5.71. The number of H-pyrrole nitrogens is 1. The van der Waals surface area contributed by atoms with E-state index in [0.717, 1.165) is 5.69 Å². The first kappa shape index (κ1) is 20.3. The van der Waals surface area contributed by atoms with Crippen molar-refractivity contribution in [2.75, 3.05) is 6.61 Å². The van der Waals surface area contributed by atoms with Crippen LogP contribution in [0.25, 0.3) is 16.9 Å². The number of nitrogens with one attached hydrogen (secondary N) is 1. The van der Waals surface area contributed by atoms with Crippen LogP contribution >= 0.6 is 23.8 Å². The zero-order valence-electron chi connectivity index (χ0n) is 17.1. The zero-order valence-corrected chi connectivity index (χ0v) is 18.6. The lowest BCUT2D eigenvalue weighted by atomic mass is 9.93. The Kier molecular flexibility index (Phi) is 4.37. The van der Waals surface area contributed by atoms with E-state index in [1.54, 1.807) is 6.20 Å². The number of aromatic nitrogens is 5. The standard InChI is InChI=1S/C16H19BrN5O7P/c1-16(2,3)7-4-21-12(24)8-11(20-15(21)18-7)22(14(17)19-8)13-9(23)10-6(28-13)5-27-30(25,26)29-10/h4,6,9-10,13,23H,5H2,1-3H3,(H,18,20)(H,25,26)/t6?,9?,10-,13-/m1/s1. The van der Waals surface area contributed by atoms with E-state index in [1.165, 1.54) is 8.97 Å². The molecule has 14 heteroatoms. The van der Waals surface area contributed by atoms with Crippen molar-refractivity contribution < 1.29 is 29.8 Å². The maximum atomic E-state index is 13.0. The van der Waals surface area contributed by atoms with E-state index < -0.39 is 37.9 Å². The van der Waals surface area contributed by atoms with Gasteiger partial charge >= 0.3 is 1.43 Å². The number of ether oxygens (including phenoxy) is 1. The van der Waals surface area contributed by atoms with Gasteiger partial charge in [-0.3, -0.25) is 13.9 Å². The van der Waals surface area contributed by atoms with Gasteiger partial charge in [-0.25, -0.2) is 9.38 Å². The lowest BCUT2D eigenvalue weighted by Crippen LogP contribution is -2.41. The molecule has 2 saturated heterocycles. The van der Waals surface area contributed by atoms with Crippen molar-refractivity contribution >= 4 is 40.7 Å². The Morgan fingerprint density at radius 2 is 2.17 bits per heavy atom. The molecule has 3 aromatic rings. The number of nitrogens with zero attached hydrogens (tertiary/aromatic N) is 4. The zero-order chi connectivity index (χ0) is 21.6. The highest BCUT2D eigenvalue weighted by atomic mass is 79.9. The second-order valence-corrected chi connectivity index (χ2v) is 10.4. The molecule has 2 fully saturated rings. The van der Waals surface area contributed by atoms with Crippen molar-refractivity contribution in [3.63, 3.8) is 0 Å². The predicted octanol–water partition coefficient (Wildman–Crippen LogP) is 0.687. The minimum Gasteiger partial charge on any atom is -0.756 e. The first-order valence-electron chi connectivity index (χ1n) is 9.13. The SMILES string of the molecule is CC(C)(C)c1cn2c(=O)c3nc(Br)n([C@@H]4OC5COP(=O)([O-])O[C@H]5C4O)c3nc2[nH]1.[H+]. The van der Waals surface area contributed by atoms with E-state index in [-0.39, 0.29) is 29.3 Å². The number of hydrogen-bond acceptors (Lipinski definition) is 9. The quantitative estimate of drug-likeness (QED) is 0.360. The Bertz CT molecular complexity index is 1280. The molecule has 12 nitrogen and oxygen atoms in total. The van der Waals surface area contributed by atoms with E-state index in [0.29, 0.717) is 5.78 Å². The molecule has 2 N–H and O–H groups in total. The monoisotopic (exact) mass is 503 g/mol. The van der Waals surface area contributed by atoms with Crippen molar-refractivity contribution in [1.82, 2.24) is 23.9 Å². The Balaban J connectivity index is 0.00000231. The average molecular weight is 504 g/mol. The first-order valence-corrected chi connectivity index (χ1v) is 11.4. The summed E-state index contributed by atoms with van der Waals surface area (Å²) in [7, 11) is -4.51. The molecule has 30 heavy (non-hydrogen) atoms. The van der Waals surface area contributed by atoms with Gasteiger partial charge in [-0.1, -0.05) is 20.8 Å². The van der Waals surface area contributed by atoms with Crippen LogP contribution in [0.15, 0.2) is 15.7 Å². The maximum Gasteiger partial charge on any atom is 1.00 e. The summed E-state index contributed by atoms with van der Waals surface area (Å²) < 4.78 is 29.9. The van der Waals surface area contributed by atoms with Crippen molar-refractivity contribution in [1.29, 1.82) is 0 Å². The first-order chi connectivity index (χ1) is 14.0. The Hall–Kier alpha value is -1.60. The van der Waals surface area contributed by atoms with Gasteiger partial charge in [-0.05, 0) is 15.9 Å². The molecule has 0 bridgehead atoms. The number of aliphatic hydroxyl groups is 1. The van der Waals surface area contributed by atoms with Crippen LogP contribution in [-0.4, -0.2) is 53.9 Å². The molecule has 3 aromatic heterocycles. The van der Waals surface area contributed by atoms with E-state index in [4.69, 9.17) is 9.26 Å². The minimum atomic E-state index is -4.51. The molecular formula is C16H19BrN5O7P. The van der Waals surface area contributed by atoms with E-state index in [1.807, 2.05) is 20.8 Å². The van der Waals surface area contributed by atoms with Gasteiger partial charge in [0.15, 0.2) is 22.1 Å². The summed E-state index contributed by atoms with van der Waals surface area (Å²) in [6, 6.07) is 0. The van der Waals surface area contributed by atoms with Crippen molar-refractivity contribution in [3.05, 3.63) is 27.0 Å². The Labute approximate surface area is 179 Å². The third-order valence-corrected chi connectivity index (χ3v) is 6.75.